The second-order valence-electron chi connectivity index (χ2n) is 3.80. The minimum absolute atomic E-state index is 0.608. The SMILES string of the molecule is CCCn1nccc1-c1nc(C)cc(NN)n1. The number of nitrogens with zero attached hydrogens (tertiary/aromatic N) is 4. The number of hydrazine groups is 1. The van der Waals surface area contributed by atoms with Crippen LogP contribution >= 0.6 is 0 Å². The molecule has 0 saturated carbocycles. The summed E-state index contributed by atoms with van der Waals surface area (Å²) in [4.78, 5) is 8.73. The monoisotopic (exact) mass is 232 g/mol. The van der Waals surface area contributed by atoms with Crippen molar-refractivity contribution in [3.05, 3.63) is 24.0 Å². The predicted octanol–water partition coefficient (Wildman–Crippen LogP) is 1.34. The summed E-state index contributed by atoms with van der Waals surface area (Å²) in [5, 5.41) is 4.25. The van der Waals surface area contributed by atoms with Gasteiger partial charge < -0.3 is 5.43 Å². The van der Waals surface area contributed by atoms with Crippen LogP contribution in [0.4, 0.5) is 5.82 Å². The summed E-state index contributed by atoms with van der Waals surface area (Å²) in [7, 11) is 0. The van der Waals surface area contributed by atoms with Crippen LogP contribution in [-0.4, -0.2) is 19.7 Å². The van der Waals surface area contributed by atoms with Crippen molar-refractivity contribution in [3.8, 4) is 11.5 Å². The molecule has 2 aromatic rings. The highest BCUT2D eigenvalue weighted by Crippen LogP contribution is 2.17. The standard InChI is InChI=1S/C11H16N6/c1-3-6-17-9(4-5-13-17)11-14-8(2)7-10(15-11)16-12/h4-5,7H,3,6,12H2,1-2H3,(H,14,15,16). The van der Waals surface area contributed by atoms with Gasteiger partial charge in [-0.05, 0) is 19.4 Å². The lowest BCUT2D eigenvalue weighted by Gasteiger charge is -2.07. The maximum atomic E-state index is 5.38. The molecule has 2 aromatic heterocycles. The second kappa shape index (κ2) is 4.92. The van der Waals surface area contributed by atoms with Crippen molar-refractivity contribution < 1.29 is 0 Å². The molecule has 0 atom stereocenters. The van der Waals surface area contributed by atoms with Crippen LogP contribution in [0.2, 0.25) is 0 Å². The quantitative estimate of drug-likeness (QED) is 0.614. The van der Waals surface area contributed by atoms with E-state index < -0.39 is 0 Å². The van der Waals surface area contributed by atoms with Gasteiger partial charge in [-0.1, -0.05) is 6.92 Å². The summed E-state index contributed by atoms with van der Waals surface area (Å²) >= 11 is 0. The van der Waals surface area contributed by atoms with Crippen molar-refractivity contribution >= 4 is 5.82 Å². The van der Waals surface area contributed by atoms with Gasteiger partial charge >= 0.3 is 0 Å². The third-order valence-electron chi connectivity index (χ3n) is 2.38. The molecule has 0 aliphatic rings. The molecular weight excluding hydrogens is 216 g/mol. The number of hydrogen-bond acceptors (Lipinski definition) is 5. The number of rotatable bonds is 4. The summed E-state index contributed by atoms with van der Waals surface area (Å²) < 4.78 is 1.90. The first kappa shape index (κ1) is 11.5. The Kier molecular flexibility index (Phi) is 3.34. The summed E-state index contributed by atoms with van der Waals surface area (Å²) in [5.74, 6) is 6.63. The molecule has 2 rings (SSSR count). The van der Waals surface area contributed by atoms with E-state index in [0.717, 1.165) is 24.4 Å². The van der Waals surface area contributed by atoms with Crippen LogP contribution in [0.5, 0.6) is 0 Å². The Morgan fingerprint density at radius 2 is 2.24 bits per heavy atom. The molecule has 0 bridgehead atoms. The predicted molar refractivity (Wildman–Crippen MR) is 66.1 cm³/mol. The highest BCUT2D eigenvalue weighted by atomic mass is 15.3. The van der Waals surface area contributed by atoms with Gasteiger partial charge in [0.1, 0.15) is 11.5 Å². The summed E-state index contributed by atoms with van der Waals surface area (Å²) in [6, 6.07) is 3.70. The first-order valence-electron chi connectivity index (χ1n) is 5.59. The molecule has 6 nitrogen and oxygen atoms in total. The Morgan fingerprint density at radius 1 is 1.41 bits per heavy atom. The number of anilines is 1. The zero-order chi connectivity index (χ0) is 12.3. The molecule has 0 fully saturated rings. The highest BCUT2D eigenvalue weighted by molar-refractivity contribution is 5.52. The van der Waals surface area contributed by atoms with Crippen molar-refractivity contribution in [1.82, 2.24) is 19.7 Å². The van der Waals surface area contributed by atoms with E-state index in [1.54, 1.807) is 12.3 Å². The van der Waals surface area contributed by atoms with E-state index in [9.17, 15) is 0 Å². The van der Waals surface area contributed by atoms with Crippen LogP contribution in [0.25, 0.3) is 11.5 Å². The fourth-order valence-corrected chi connectivity index (χ4v) is 1.67. The molecule has 6 heteroatoms. The van der Waals surface area contributed by atoms with E-state index in [-0.39, 0.29) is 0 Å². The average Bonchev–Trinajstić information content (AvgIpc) is 2.77. The second-order valence-corrected chi connectivity index (χ2v) is 3.80. The number of aromatic nitrogens is 4. The Morgan fingerprint density at radius 3 is 2.94 bits per heavy atom. The Balaban J connectivity index is 2.44. The molecule has 2 heterocycles. The molecule has 0 radical (unpaired) electrons. The van der Waals surface area contributed by atoms with E-state index in [1.807, 2.05) is 17.7 Å². The van der Waals surface area contributed by atoms with Crippen LogP contribution in [-0.2, 0) is 6.54 Å². The molecule has 17 heavy (non-hydrogen) atoms. The Bertz CT molecular complexity index is 504. The van der Waals surface area contributed by atoms with Gasteiger partial charge in [0.15, 0.2) is 5.82 Å². The third kappa shape index (κ3) is 2.42. The largest absolute Gasteiger partial charge is 0.308 e. The lowest BCUT2D eigenvalue weighted by atomic mass is 10.3. The lowest BCUT2D eigenvalue weighted by molar-refractivity contribution is 0.606. The molecule has 0 unspecified atom stereocenters. The van der Waals surface area contributed by atoms with E-state index in [1.165, 1.54) is 0 Å². The maximum Gasteiger partial charge on any atom is 0.180 e. The highest BCUT2D eigenvalue weighted by Gasteiger charge is 2.09. The third-order valence-corrected chi connectivity index (χ3v) is 2.38. The Hall–Kier alpha value is -1.95. The zero-order valence-electron chi connectivity index (χ0n) is 10.0. The van der Waals surface area contributed by atoms with Gasteiger partial charge in [0.2, 0.25) is 0 Å². The van der Waals surface area contributed by atoms with Crippen molar-refractivity contribution in [2.75, 3.05) is 5.43 Å². The van der Waals surface area contributed by atoms with Crippen LogP contribution in [0.15, 0.2) is 18.3 Å². The molecule has 0 saturated heterocycles. The van der Waals surface area contributed by atoms with E-state index >= 15 is 0 Å². The fourth-order valence-electron chi connectivity index (χ4n) is 1.67. The smallest absolute Gasteiger partial charge is 0.180 e. The van der Waals surface area contributed by atoms with E-state index in [2.05, 4.69) is 27.4 Å². The molecule has 0 aromatic carbocycles. The maximum absolute atomic E-state index is 5.38. The van der Waals surface area contributed by atoms with Gasteiger partial charge in [0.05, 0.1) is 0 Å². The van der Waals surface area contributed by atoms with Crippen LogP contribution in [0, 0.1) is 6.92 Å². The summed E-state index contributed by atoms with van der Waals surface area (Å²) in [6.45, 7) is 4.87. The summed E-state index contributed by atoms with van der Waals surface area (Å²) in [5.41, 5.74) is 4.32. The van der Waals surface area contributed by atoms with Crippen LogP contribution in [0.3, 0.4) is 0 Å². The van der Waals surface area contributed by atoms with Crippen molar-refractivity contribution in [2.45, 2.75) is 26.8 Å². The molecule has 0 aliphatic heterocycles. The molecule has 0 amide bonds. The molecule has 0 aliphatic carbocycles. The average molecular weight is 232 g/mol. The normalized spacial score (nSPS) is 10.5. The number of aryl methyl sites for hydroxylation is 2. The minimum atomic E-state index is 0.608. The number of nitrogens with two attached hydrogens (primary N) is 1. The first-order valence-corrected chi connectivity index (χ1v) is 5.59. The Labute approximate surface area is 99.9 Å². The van der Waals surface area contributed by atoms with Gasteiger partial charge in [-0.3, -0.25) is 4.68 Å². The topological polar surface area (TPSA) is 81.7 Å². The fraction of sp³-hybridized carbons (Fsp3) is 0.364. The van der Waals surface area contributed by atoms with Gasteiger partial charge in [0, 0.05) is 24.5 Å². The summed E-state index contributed by atoms with van der Waals surface area (Å²) in [6.07, 6.45) is 2.77. The van der Waals surface area contributed by atoms with Crippen LogP contribution < -0.4 is 11.3 Å². The van der Waals surface area contributed by atoms with Gasteiger partial charge in [-0.15, -0.1) is 0 Å². The van der Waals surface area contributed by atoms with Gasteiger partial charge in [-0.2, -0.15) is 5.10 Å². The molecule has 0 spiro atoms. The van der Waals surface area contributed by atoms with Crippen molar-refractivity contribution in [3.63, 3.8) is 0 Å². The van der Waals surface area contributed by atoms with E-state index in [4.69, 9.17) is 5.84 Å². The molecule has 90 valence electrons. The number of nitrogen functional groups attached to an aromatic ring is 1. The first-order chi connectivity index (χ1) is 8.24. The van der Waals surface area contributed by atoms with Gasteiger partial charge in [-0.25, -0.2) is 15.8 Å². The zero-order valence-corrected chi connectivity index (χ0v) is 10.0. The van der Waals surface area contributed by atoms with E-state index in [0.29, 0.717) is 11.6 Å². The minimum Gasteiger partial charge on any atom is -0.308 e. The lowest BCUT2D eigenvalue weighted by Crippen LogP contribution is -2.11. The van der Waals surface area contributed by atoms with Crippen molar-refractivity contribution in [2.24, 2.45) is 5.84 Å². The number of nitrogens with one attached hydrogen (secondary N) is 1. The van der Waals surface area contributed by atoms with Crippen molar-refractivity contribution in [1.29, 1.82) is 0 Å². The number of hydrogen-bond donors (Lipinski definition) is 2. The van der Waals surface area contributed by atoms with Gasteiger partial charge in [0.25, 0.3) is 0 Å². The van der Waals surface area contributed by atoms with Crippen LogP contribution in [0.1, 0.15) is 19.0 Å². The molecule has 3 N–H and O–H groups in total. The molecular formula is C11H16N6.